The van der Waals surface area contributed by atoms with Crippen LogP contribution in [-0.2, 0) is 9.53 Å². The van der Waals surface area contributed by atoms with Crippen LogP contribution in [0.5, 0.6) is 0 Å². The number of aliphatic hydroxyl groups is 2. The molecule has 11 nitrogen and oxygen atoms in total. The molecule has 0 aromatic carbocycles. The summed E-state index contributed by atoms with van der Waals surface area (Å²) >= 11 is 0.928. The van der Waals surface area contributed by atoms with Crippen LogP contribution in [0.25, 0.3) is 0 Å². The Morgan fingerprint density at radius 1 is 1.23 bits per heavy atom. The molecular weight excluding hydrogens is 435 g/mol. The maximum absolute atomic E-state index is 14.3. The summed E-state index contributed by atoms with van der Waals surface area (Å²) in [5, 5.41) is 29.7. The van der Waals surface area contributed by atoms with Gasteiger partial charge in [0.05, 0.1) is 12.3 Å². The van der Waals surface area contributed by atoms with Crippen molar-refractivity contribution in [1.29, 1.82) is 0 Å². The first-order valence-electron chi connectivity index (χ1n) is 9.91. The zero-order chi connectivity index (χ0) is 23.0. The van der Waals surface area contributed by atoms with E-state index in [2.05, 4.69) is 10.3 Å². The molecule has 5 N–H and O–H groups in total. The smallest absolute Gasteiger partial charge is 0.351 e. The molecule has 31 heavy (non-hydrogen) atoms. The van der Waals surface area contributed by atoms with Crippen LogP contribution in [0.3, 0.4) is 0 Å². The molecule has 1 aliphatic heterocycles. The van der Waals surface area contributed by atoms with E-state index >= 15 is 0 Å². The second-order valence-corrected chi connectivity index (χ2v) is 8.22. The highest BCUT2D eigenvalue weighted by Gasteiger charge is 2.42. The van der Waals surface area contributed by atoms with Crippen molar-refractivity contribution in [2.24, 2.45) is 0 Å². The third-order valence-electron chi connectivity index (χ3n) is 4.78. The molecule has 2 rings (SSSR count). The molecule has 13 heteroatoms. The highest BCUT2D eigenvalue weighted by molar-refractivity contribution is 8.13. The third kappa shape index (κ3) is 7.25. The summed E-state index contributed by atoms with van der Waals surface area (Å²) in [5.41, 5.74) is 0.629. The zero-order valence-electron chi connectivity index (χ0n) is 17.0. The first-order valence-corrected chi connectivity index (χ1v) is 10.9. The highest BCUT2D eigenvalue weighted by Crippen LogP contribution is 2.28. The van der Waals surface area contributed by atoms with Crippen molar-refractivity contribution in [3.63, 3.8) is 0 Å². The van der Waals surface area contributed by atoms with Crippen LogP contribution in [0.4, 0.5) is 15.0 Å². The number of hydroxylamine groups is 1. The number of thioether (sulfide) groups is 1. The number of rotatable bonds is 10. The third-order valence-corrected chi connectivity index (χ3v) is 5.64. The molecule has 0 unspecified atom stereocenters. The van der Waals surface area contributed by atoms with Gasteiger partial charge in [-0.25, -0.2) is 14.7 Å². The highest BCUT2D eigenvalue weighted by atomic mass is 32.2. The minimum Gasteiger partial charge on any atom is -0.388 e. The summed E-state index contributed by atoms with van der Waals surface area (Å²) in [6, 6.07) is 0. The van der Waals surface area contributed by atoms with Crippen molar-refractivity contribution in [3.8, 4) is 0 Å². The maximum Gasteiger partial charge on any atom is 0.351 e. The molecule has 4 atom stereocenters. The van der Waals surface area contributed by atoms with Gasteiger partial charge in [0.1, 0.15) is 12.2 Å². The normalized spacial score (nSPS) is 23.0. The summed E-state index contributed by atoms with van der Waals surface area (Å²) in [6.07, 6.45) is 0.299. The Morgan fingerprint density at radius 2 is 1.90 bits per heavy atom. The van der Waals surface area contributed by atoms with Gasteiger partial charge >= 0.3 is 5.69 Å². The van der Waals surface area contributed by atoms with Gasteiger partial charge in [0, 0.05) is 12.2 Å². The number of nitrogens with zero attached hydrogens (tertiary/aromatic N) is 2. The van der Waals surface area contributed by atoms with Crippen LogP contribution in [-0.4, -0.2) is 60.2 Å². The van der Waals surface area contributed by atoms with Gasteiger partial charge in [0.25, 0.3) is 5.24 Å². The van der Waals surface area contributed by atoms with Crippen LogP contribution >= 0.6 is 11.8 Å². The minimum atomic E-state index is -1.42. The molecule has 2 heterocycles. The van der Waals surface area contributed by atoms with Gasteiger partial charge in [-0.15, -0.1) is 0 Å². The van der Waals surface area contributed by atoms with Gasteiger partial charge in [0.15, 0.2) is 17.9 Å². The molecule has 0 saturated carbocycles. The predicted octanol–water partition coefficient (Wildman–Crippen LogP) is 1.13. The lowest BCUT2D eigenvalue weighted by atomic mass is 10.1. The van der Waals surface area contributed by atoms with Crippen molar-refractivity contribution >= 4 is 28.7 Å². The lowest BCUT2D eigenvalue weighted by Crippen LogP contribution is -2.36. The fraction of sp³-hybridized carbons (Fsp3) is 0.667. The molecule has 174 valence electrons. The molecule has 0 aliphatic carbocycles. The van der Waals surface area contributed by atoms with E-state index in [1.165, 1.54) is 6.92 Å². The number of aromatic nitrogens is 2. The van der Waals surface area contributed by atoms with Gasteiger partial charge in [-0.1, -0.05) is 31.0 Å². The second kappa shape index (κ2) is 12.1. The lowest BCUT2D eigenvalue weighted by Gasteiger charge is -2.17. The van der Waals surface area contributed by atoms with E-state index in [9.17, 15) is 29.0 Å². The summed E-state index contributed by atoms with van der Waals surface area (Å²) in [7, 11) is 0. The number of unbranched alkanes of at least 4 members (excludes halogenated alkanes) is 4. The largest absolute Gasteiger partial charge is 0.388 e. The van der Waals surface area contributed by atoms with Crippen LogP contribution in [0.15, 0.2) is 11.0 Å². The van der Waals surface area contributed by atoms with E-state index in [4.69, 9.17) is 9.94 Å². The van der Waals surface area contributed by atoms with Crippen molar-refractivity contribution < 1.29 is 34.1 Å². The van der Waals surface area contributed by atoms with Gasteiger partial charge in [-0.2, -0.15) is 4.98 Å². The van der Waals surface area contributed by atoms with Crippen molar-refractivity contribution in [2.75, 3.05) is 11.1 Å². The Bertz CT molecular complexity index is 825. The summed E-state index contributed by atoms with van der Waals surface area (Å²) in [5.74, 6) is -1.44. The molecular formula is C18H27FN4O7S. The monoisotopic (exact) mass is 462 g/mol. The van der Waals surface area contributed by atoms with Gasteiger partial charge in [-0.3, -0.25) is 24.7 Å². The Hall–Kier alpha value is -2.06. The van der Waals surface area contributed by atoms with Crippen molar-refractivity contribution in [2.45, 2.75) is 70.0 Å². The van der Waals surface area contributed by atoms with E-state index in [0.29, 0.717) is 12.2 Å². The van der Waals surface area contributed by atoms with Crippen LogP contribution in [0.1, 0.15) is 51.7 Å². The number of ether oxygens (including phenoxy) is 1. The number of hydrogen-bond acceptors (Lipinski definition) is 9. The Kier molecular flexibility index (Phi) is 9.84. The lowest BCUT2D eigenvalue weighted by molar-refractivity contribution is -0.129. The summed E-state index contributed by atoms with van der Waals surface area (Å²) in [4.78, 5) is 38.5. The molecule has 2 amide bonds. The molecule has 0 bridgehead atoms. The maximum atomic E-state index is 14.3. The van der Waals surface area contributed by atoms with E-state index in [1.807, 2.05) is 0 Å². The Morgan fingerprint density at radius 3 is 2.55 bits per heavy atom. The molecule has 1 aliphatic rings. The number of hydrogen-bond donors (Lipinski definition) is 5. The van der Waals surface area contributed by atoms with Crippen molar-refractivity contribution in [1.82, 2.24) is 15.0 Å². The topological polar surface area (TPSA) is 163 Å². The van der Waals surface area contributed by atoms with E-state index in [0.717, 1.165) is 48.2 Å². The quantitative estimate of drug-likeness (QED) is 0.195. The molecule has 1 aromatic rings. The number of anilines is 1. The number of aliphatic hydroxyl groups excluding tert-OH is 2. The number of carbonyl (C=O) groups is 2. The molecule has 0 spiro atoms. The molecule has 1 aromatic heterocycles. The fourth-order valence-corrected chi connectivity index (χ4v) is 3.75. The van der Waals surface area contributed by atoms with Gasteiger partial charge in [0.2, 0.25) is 5.91 Å². The minimum absolute atomic E-state index is 0.260. The van der Waals surface area contributed by atoms with Crippen LogP contribution < -0.4 is 16.5 Å². The Balaban J connectivity index is 1.76. The van der Waals surface area contributed by atoms with Crippen LogP contribution in [0.2, 0.25) is 0 Å². The van der Waals surface area contributed by atoms with Crippen molar-refractivity contribution in [3.05, 3.63) is 22.5 Å². The number of halogens is 1. The standard InChI is InChI=1S/C18H27FN4O7S/c1-10-13(25)14(26)16(30-10)23-9-11(19)15(20-17(23)27)21-18(28)31-8-6-4-2-3-5-7-12(24)22-29/h9-10,13-14,16,25-26,29H,2-8H2,1H3,(H,22,24)(H,20,21,27,28)/t10-,13-,14-,16-/m1/s1. The SMILES string of the molecule is C[C@H]1O[C@@H](n2cc(F)c(NC(=O)SCCCCCCCC(=O)NO)nc2=O)[C@H](O)[C@@H]1O. The molecule has 1 fully saturated rings. The summed E-state index contributed by atoms with van der Waals surface area (Å²) < 4.78 is 20.3. The van der Waals surface area contributed by atoms with E-state index < -0.39 is 53.0 Å². The predicted molar refractivity (Wildman–Crippen MR) is 109 cm³/mol. The second-order valence-electron chi connectivity index (χ2n) is 7.15. The zero-order valence-corrected chi connectivity index (χ0v) is 17.8. The van der Waals surface area contributed by atoms with Gasteiger partial charge < -0.3 is 14.9 Å². The number of nitrogens with one attached hydrogen (secondary N) is 2. The van der Waals surface area contributed by atoms with E-state index in [1.54, 1.807) is 5.48 Å². The van der Waals surface area contributed by atoms with Gasteiger partial charge in [-0.05, 0) is 19.8 Å². The van der Waals surface area contributed by atoms with Crippen LogP contribution in [0, 0.1) is 5.82 Å². The first-order chi connectivity index (χ1) is 14.7. The number of carbonyl (C=O) groups excluding carboxylic acids is 2. The fourth-order valence-electron chi connectivity index (χ4n) is 3.04. The molecule has 1 saturated heterocycles. The number of amides is 2. The summed E-state index contributed by atoms with van der Waals surface area (Å²) in [6.45, 7) is 1.50. The average Bonchev–Trinajstić information content (AvgIpc) is 2.99. The first kappa shape index (κ1) is 25.2. The Labute approximate surface area is 182 Å². The molecule has 0 radical (unpaired) electrons. The van der Waals surface area contributed by atoms with E-state index in [-0.39, 0.29) is 6.42 Å². The average molecular weight is 463 g/mol.